The molecule has 3 N–H and O–H groups in total. The van der Waals surface area contributed by atoms with E-state index in [9.17, 15) is 4.79 Å². The van der Waals surface area contributed by atoms with Crippen molar-refractivity contribution in [3.05, 3.63) is 0 Å². The number of primary amides is 1. The van der Waals surface area contributed by atoms with Crippen molar-refractivity contribution in [2.24, 2.45) is 11.7 Å². The van der Waals surface area contributed by atoms with Crippen LogP contribution in [0, 0.1) is 5.92 Å². The molecule has 4 nitrogen and oxygen atoms in total. The van der Waals surface area contributed by atoms with Crippen LogP contribution < -0.4 is 11.1 Å². The van der Waals surface area contributed by atoms with Crippen LogP contribution in [0.5, 0.6) is 0 Å². The molecule has 1 heterocycles. The molecule has 1 saturated heterocycles. The monoisotopic (exact) mass is 286 g/mol. The van der Waals surface area contributed by atoms with Crippen LogP contribution >= 0.6 is 11.8 Å². The summed E-state index contributed by atoms with van der Waals surface area (Å²) in [5.74, 6) is 2.41. The molecule has 1 amide bonds. The molecule has 3 atom stereocenters. The number of hydrogen-bond acceptors (Lipinski definition) is 4. The summed E-state index contributed by atoms with van der Waals surface area (Å²) in [6.45, 7) is 0.929. The molecule has 0 radical (unpaired) electrons. The first kappa shape index (κ1) is 15.1. The number of rotatable bonds is 7. The largest absolute Gasteiger partial charge is 0.377 e. The molecule has 2 fully saturated rings. The smallest absolute Gasteiger partial charge is 0.238 e. The van der Waals surface area contributed by atoms with E-state index in [4.69, 9.17) is 10.5 Å². The number of amides is 1. The highest BCUT2D eigenvalue weighted by atomic mass is 32.2. The number of nitrogens with one attached hydrogen (secondary N) is 1. The predicted octanol–water partition coefficient (Wildman–Crippen LogP) is 1.53. The quantitative estimate of drug-likeness (QED) is 0.697. The SMILES string of the molecule is CNC1(C(N)=O)CCCC1CCSCC1CCCO1. The number of ether oxygens (including phenoxy) is 1. The van der Waals surface area contributed by atoms with Crippen LogP contribution in [0.25, 0.3) is 0 Å². The molecule has 0 spiro atoms. The predicted molar refractivity (Wildman–Crippen MR) is 79.2 cm³/mol. The summed E-state index contributed by atoms with van der Waals surface area (Å²) in [7, 11) is 1.86. The molecule has 2 aliphatic rings. The Morgan fingerprint density at radius 2 is 2.32 bits per heavy atom. The lowest BCUT2D eigenvalue weighted by molar-refractivity contribution is -0.125. The fourth-order valence-electron chi connectivity index (χ4n) is 3.46. The highest BCUT2D eigenvalue weighted by molar-refractivity contribution is 7.99. The van der Waals surface area contributed by atoms with Gasteiger partial charge in [-0.1, -0.05) is 6.42 Å². The molecular formula is C14H26N2O2S. The van der Waals surface area contributed by atoms with E-state index in [2.05, 4.69) is 5.32 Å². The maximum Gasteiger partial charge on any atom is 0.238 e. The summed E-state index contributed by atoms with van der Waals surface area (Å²) in [5, 5.41) is 3.20. The topological polar surface area (TPSA) is 64.3 Å². The van der Waals surface area contributed by atoms with Crippen LogP contribution in [0.15, 0.2) is 0 Å². The fraction of sp³-hybridized carbons (Fsp3) is 0.929. The second-order valence-electron chi connectivity index (χ2n) is 5.67. The Labute approximate surface area is 120 Å². The second-order valence-corrected chi connectivity index (χ2v) is 6.82. The number of likely N-dealkylation sites (N-methyl/N-ethyl adjacent to an activating group) is 1. The number of thioether (sulfide) groups is 1. The van der Waals surface area contributed by atoms with E-state index in [1.807, 2.05) is 18.8 Å². The molecule has 110 valence electrons. The van der Waals surface area contributed by atoms with Crippen LogP contribution in [0.3, 0.4) is 0 Å². The van der Waals surface area contributed by atoms with Gasteiger partial charge >= 0.3 is 0 Å². The number of carbonyl (C=O) groups is 1. The lowest BCUT2D eigenvalue weighted by Crippen LogP contribution is -2.56. The molecule has 5 heteroatoms. The van der Waals surface area contributed by atoms with Gasteiger partial charge in [-0.05, 0) is 50.8 Å². The van der Waals surface area contributed by atoms with E-state index in [0.29, 0.717) is 12.0 Å². The van der Waals surface area contributed by atoms with Gasteiger partial charge in [-0.15, -0.1) is 0 Å². The molecule has 0 aromatic rings. The second kappa shape index (κ2) is 6.95. The Bertz CT molecular complexity index is 308. The molecule has 19 heavy (non-hydrogen) atoms. The molecule has 0 bridgehead atoms. The van der Waals surface area contributed by atoms with E-state index < -0.39 is 5.54 Å². The maximum atomic E-state index is 11.7. The molecular weight excluding hydrogens is 260 g/mol. The summed E-state index contributed by atoms with van der Waals surface area (Å²) in [6.07, 6.45) is 7.05. The van der Waals surface area contributed by atoms with Crippen molar-refractivity contribution in [2.45, 2.75) is 50.2 Å². The lowest BCUT2D eigenvalue weighted by atomic mass is 9.84. The van der Waals surface area contributed by atoms with E-state index in [1.54, 1.807) is 0 Å². The Balaban J connectivity index is 1.73. The van der Waals surface area contributed by atoms with Crippen molar-refractivity contribution in [3.8, 4) is 0 Å². The van der Waals surface area contributed by atoms with Gasteiger partial charge in [-0.25, -0.2) is 0 Å². The third kappa shape index (κ3) is 3.44. The Hall–Kier alpha value is -0.260. The van der Waals surface area contributed by atoms with E-state index in [1.165, 1.54) is 12.8 Å². The highest BCUT2D eigenvalue weighted by Gasteiger charge is 2.45. The number of carbonyl (C=O) groups excluding carboxylic acids is 1. The molecule has 2 rings (SSSR count). The van der Waals surface area contributed by atoms with Crippen molar-refractivity contribution >= 4 is 17.7 Å². The average molecular weight is 286 g/mol. The fourth-order valence-corrected chi connectivity index (χ4v) is 4.61. The number of hydrogen-bond donors (Lipinski definition) is 2. The first-order valence-electron chi connectivity index (χ1n) is 7.37. The molecule has 0 aromatic carbocycles. The molecule has 1 aliphatic heterocycles. The highest BCUT2D eigenvalue weighted by Crippen LogP contribution is 2.38. The normalized spacial score (nSPS) is 34.8. The molecule has 0 aromatic heterocycles. The summed E-state index contributed by atoms with van der Waals surface area (Å²) < 4.78 is 5.62. The minimum absolute atomic E-state index is 0.179. The summed E-state index contributed by atoms with van der Waals surface area (Å²) in [5.41, 5.74) is 5.16. The van der Waals surface area contributed by atoms with Gasteiger partial charge in [0.2, 0.25) is 5.91 Å². The van der Waals surface area contributed by atoms with Crippen molar-refractivity contribution in [3.63, 3.8) is 0 Å². The standard InChI is InChI=1S/C14H26N2O2S/c1-16-14(13(15)17)7-2-4-11(14)6-9-19-10-12-5-3-8-18-12/h11-12,16H,2-10H2,1H3,(H2,15,17). The minimum atomic E-state index is -0.454. The number of nitrogens with two attached hydrogens (primary N) is 1. The molecule has 1 aliphatic carbocycles. The zero-order valence-electron chi connectivity index (χ0n) is 11.8. The van der Waals surface area contributed by atoms with Crippen LogP contribution in [0.2, 0.25) is 0 Å². The van der Waals surface area contributed by atoms with Gasteiger partial charge in [0.25, 0.3) is 0 Å². The summed E-state index contributed by atoms with van der Waals surface area (Å²) in [6, 6.07) is 0. The van der Waals surface area contributed by atoms with Gasteiger partial charge in [0, 0.05) is 12.4 Å². The lowest BCUT2D eigenvalue weighted by Gasteiger charge is -2.32. The maximum absolute atomic E-state index is 11.7. The van der Waals surface area contributed by atoms with Crippen molar-refractivity contribution < 1.29 is 9.53 Å². The zero-order chi connectivity index (χ0) is 13.7. The van der Waals surface area contributed by atoms with Crippen LogP contribution in [-0.4, -0.2) is 42.7 Å². The third-order valence-corrected chi connectivity index (χ3v) is 5.78. The van der Waals surface area contributed by atoms with Crippen molar-refractivity contribution in [2.75, 3.05) is 25.2 Å². The van der Waals surface area contributed by atoms with Crippen LogP contribution in [-0.2, 0) is 9.53 Å². The van der Waals surface area contributed by atoms with Crippen LogP contribution in [0.1, 0.15) is 38.5 Å². The first-order chi connectivity index (χ1) is 9.19. The minimum Gasteiger partial charge on any atom is -0.377 e. The van der Waals surface area contributed by atoms with Gasteiger partial charge in [0.05, 0.1) is 6.10 Å². The van der Waals surface area contributed by atoms with Gasteiger partial charge in [-0.2, -0.15) is 11.8 Å². The average Bonchev–Trinajstić information content (AvgIpc) is 3.04. The van der Waals surface area contributed by atoms with E-state index >= 15 is 0 Å². The van der Waals surface area contributed by atoms with E-state index in [0.717, 1.165) is 43.8 Å². The third-order valence-electron chi connectivity index (χ3n) is 4.64. The van der Waals surface area contributed by atoms with Crippen molar-refractivity contribution in [1.29, 1.82) is 0 Å². The zero-order valence-corrected chi connectivity index (χ0v) is 12.6. The Morgan fingerprint density at radius 1 is 1.47 bits per heavy atom. The summed E-state index contributed by atoms with van der Waals surface area (Å²) in [4.78, 5) is 11.7. The van der Waals surface area contributed by atoms with Gasteiger partial charge < -0.3 is 15.8 Å². The Morgan fingerprint density at radius 3 is 2.95 bits per heavy atom. The van der Waals surface area contributed by atoms with Gasteiger partial charge in [0.1, 0.15) is 5.54 Å². The first-order valence-corrected chi connectivity index (χ1v) is 8.52. The van der Waals surface area contributed by atoms with E-state index in [-0.39, 0.29) is 5.91 Å². The molecule has 1 saturated carbocycles. The van der Waals surface area contributed by atoms with Crippen molar-refractivity contribution in [1.82, 2.24) is 5.32 Å². The van der Waals surface area contributed by atoms with Gasteiger partial charge in [-0.3, -0.25) is 4.79 Å². The van der Waals surface area contributed by atoms with Gasteiger partial charge in [0.15, 0.2) is 0 Å². The van der Waals surface area contributed by atoms with Crippen LogP contribution in [0.4, 0.5) is 0 Å². The molecule has 3 unspecified atom stereocenters. The summed E-state index contributed by atoms with van der Waals surface area (Å²) >= 11 is 1.96. The Kier molecular flexibility index (Phi) is 5.54.